The summed E-state index contributed by atoms with van der Waals surface area (Å²) in [6.45, 7) is 6.74. The number of likely N-dealkylation sites (tertiary alicyclic amines) is 1. The standard InChI is InChI=1S/C29H35ClN4O4/c1-28(2,3)38-27(36)33-16-12-19(13-17-33)22-10-11-24-25(32-22)29(14-5-4-6-15-29)26(35)34(24)23-9-7-8-21(30)20(23)18-31-37/h7-11,19H,4-6,12-18H2,1-3H3. The largest absolute Gasteiger partial charge is 0.444 e. The number of anilines is 2. The molecule has 1 aromatic heterocycles. The molecule has 1 aliphatic carbocycles. The van der Waals surface area contributed by atoms with Crippen LogP contribution in [-0.4, -0.2) is 40.6 Å². The Labute approximate surface area is 228 Å². The third-order valence-electron chi connectivity index (χ3n) is 8.03. The van der Waals surface area contributed by atoms with Gasteiger partial charge in [0.2, 0.25) is 5.91 Å². The van der Waals surface area contributed by atoms with Gasteiger partial charge >= 0.3 is 6.09 Å². The van der Waals surface area contributed by atoms with E-state index in [1.165, 1.54) is 0 Å². The molecule has 0 atom stereocenters. The zero-order valence-electron chi connectivity index (χ0n) is 22.3. The number of nitrogens with zero attached hydrogens (tertiary/aromatic N) is 4. The molecule has 2 amide bonds. The van der Waals surface area contributed by atoms with Gasteiger partial charge in [-0.2, -0.15) is 4.91 Å². The van der Waals surface area contributed by atoms with E-state index in [1.807, 2.05) is 39.0 Å². The van der Waals surface area contributed by atoms with E-state index in [2.05, 4.69) is 5.18 Å². The van der Waals surface area contributed by atoms with Crippen molar-refractivity contribution < 1.29 is 14.3 Å². The van der Waals surface area contributed by atoms with E-state index in [9.17, 15) is 14.5 Å². The van der Waals surface area contributed by atoms with Gasteiger partial charge in [-0.1, -0.05) is 42.1 Å². The fourth-order valence-electron chi connectivity index (χ4n) is 6.16. The molecule has 9 heteroatoms. The first-order valence-electron chi connectivity index (χ1n) is 13.5. The summed E-state index contributed by atoms with van der Waals surface area (Å²) in [7, 11) is 0. The van der Waals surface area contributed by atoms with Crippen molar-refractivity contribution in [2.45, 2.75) is 89.2 Å². The monoisotopic (exact) mass is 538 g/mol. The minimum absolute atomic E-state index is 0.00557. The third-order valence-corrected chi connectivity index (χ3v) is 8.39. The molecule has 3 heterocycles. The minimum atomic E-state index is -0.672. The van der Waals surface area contributed by atoms with Crippen molar-refractivity contribution in [3.05, 3.63) is 57.2 Å². The third kappa shape index (κ3) is 4.79. The number of pyridine rings is 1. The van der Waals surface area contributed by atoms with Crippen LogP contribution in [0.4, 0.5) is 16.2 Å². The summed E-state index contributed by atoms with van der Waals surface area (Å²) in [5.74, 6) is 0.204. The quantitative estimate of drug-likeness (QED) is 0.391. The van der Waals surface area contributed by atoms with Crippen LogP contribution < -0.4 is 4.90 Å². The van der Waals surface area contributed by atoms with Gasteiger partial charge in [0, 0.05) is 35.3 Å². The second-order valence-corrected chi connectivity index (χ2v) is 12.1. The average molecular weight is 539 g/mol. The van der Waals surface area contributed by atoms with Gasteiger partial charge in [0.1, 0.15) is 12.1 Å². The first kappa shape index (κ1) is 26.6. The molecule has 0 radical (unpaired) electrons. The fraction of sp³-hybridized carbons (Fsp3) is 0.552. The van der Waals surface area contributed by atoms with Crippen molar-refractivity contribution >= 4 is 35.0 Å². The number of piperidine rings is 1. The number of nitroso groups, excluding NO2 is 1. The van der Waals surface area contributed by atoms with E-state index in [0.717, 1.165) is 62.0 Å². The van der Waals surface area contributed by atoms with Crippen molar-refractivity contribution in [2.75, 3.05) is 18.0 Å². The summed E-state index contributed by atoms with van der Waals surface area (Å²) >= 11 is 6.45. The van der Waals surface area contributed by atoms with Gasteiger partial charge in [-0.25, -0.2) is 4.79 Å². The zero-order chi connectivity index (χ0) is 27.1. The number of hydrogen-bond acceptors (Lipinski definition) is 6. The number of fused-ring (bicyclic) bond motifs is 2. The predicted octanol–water partition coefficient (Wildman–Crippen LogP) is 7.00. The van der Waals surface area contributed by atoms with Crippen LogP contribution in [0, 0.1) is 4.91 Å². The van der Waals surface area contributed by atoms with Gasteiger partial charge < -0.3 is 9.64 Å². The van der Waals surface area contributed by atoms with Crippen LogP contribution in [0.5, 0.6) is 0 Å². The highest BCUT2D eigenvalue weighted by Crippen LogP contribution is 2.53. The lowest BCUT2D eigenvalue weighted by molar-refractivity contribution is -0.123. The van der Waals surface area contributed by atoms with Crippen molar-refractivity contribution in [1.29, 1.82) is 0 Å². The molecule has 1 spiro atoms. The SMILES string of the molecule is CC(C)(C)OC(=O)N1CCC(c2ccc3c(n2)C2(CCCCC2)C(=O)N3c2cccc(Cl)c2CN=O)CC1. The topological polar surface area (TPSA) is 92.2 Å². The number of amides is 2. The predicted molar refractivity (Wildman–Crippen MR) is 147 cm³/mol. The van der Waals surface area contributed by atoms with Crippen molar-refractivity contribution in [2.24, 2.45) is 5.18 Å². The summed E-state index contributed by atoms with van der Waals surface area (Å²) in [5, 5.41) is 3.49. The normalized spacial score (nSPS) is 19.5. The summed E-state index contributed by atoms with van der Waals surface area (Å²) in [6.07, 6.45) is 5.86. The Balaban J connectivity index is 1.47. The number of hydrogen-bond donors (Lipinski definition) is 0. The van der Waals surface area contributed by atoms with E-state index < -0.39 is 11.0 Å². The van der Waals surface area contributed by atoms with Crippen molar-refractivity contribution in [1.82, 2.24) is 9.88 Å². The number of ether oxygens (including phenoxy) is 1. The number of carbonyl (C=O) groups is 2. The Morgan fingerprint density at radius 2 is 1.82 bits per heavy atom. The minimum Gasteiger partial charge on any atom is -0.444 e. The second kappa shape index (κ2) is 10.3. The highest BCUT2D eigenvalue weighted by Gasteiger charge is 2.53. The lowest BCUT2D eigenvalue weighted by Gasteiger charge is -2.34. The van der Waals surface area contributed by atoms with Gasteiger partial charge in [-0.15, -0.1) is 0 Å². The van der Waals surface area contributed by atoms with Gasteiger partial charge in [0.05, 0.1) is 22.5 Å². The van der Waals surface area contributed by atoms with E-state index in [1.54, 1.807) is 21.9 Å². The number of benzene rings is 1. The maximum atomic E-state index is 14.2. The summed E-state index contributed by atoms with van der Waals surface area (Å²) in [4.78, 5) is 46.6. The number of halogens is 1. The van der Waals surface area contributed by atoms with Crippen LogP contribution in [0.1, 0.15) is 88.6 Å². The molecule has 1 saturated carbocycles. The van der Waals surface area contributed by atoms with Gasteiger partial charge in [0.25, 0.3) is 0 Å². The molecule has 202 valence electrons. The van der Waals surface area contributed by atoms with Crippen LogP contribution in [0.25, 0.3) is 0 Å². The number of rotatable bonds is 4. The van der Waals surface area contributed by atoms with Crippen LogP contribution in [0.3, 0.4) is 0 Å². The molecule has 3 aliphatic rings. The highest BCUT2D eigenvalue weighted by molar-refractivity contribution is 6.32. The van der Waals surface area contributed by atoms with Gasteiger partial charge in [-0.05, 0) is 70.7 Å². The summed E-state index contributed by atoms with van der Waals surface area (Å²) < 4.78 is 5.55. The summed E-state index contributed by atoms with van der Waals surface area (Å²) in [6, 6.07) is 9.35. The number of carbonyl (C=O) groups excluding carboxylic acids is 2. The maximum absolute atomic E-state index is 14.2. The molecule has 2 fully saturated rings. The molecular weight excluding hydrogens is 504 g/mol. The number of aromatic nitrogens is 1. The average Bonchev–Trinajstić information content (AvgIpc) is 3.11. The smallest absolute Gasteiger partial charge is 0.410 e. The molecular formula is C29H35ClN4O4. The lowest BCUT2D eigenvalue weighted by Crippen LogP contribution is -2.41. The Morgan fingerprint density at radius 3 is 2.47 bits per heavy atom. The van der Waals surface area contributed by atoms with E-state index in [4.69, 9.17) is 21.3 Å². The molecule has 1 saturated heterocycles. The molecule has 0 unspecified atom stereocenters. The first-order valence-corrected chi connectivity index (χ1v) is 13.9. The lowest BCUT2D eigenvalue weighted by atomic mass is 9.72. The molecule has 0 bridgehead atoms. The molecule has 5 rings (SSSR count). The Morgan fingerprint density at radius 1 is 1.11 bits per heavy atom. The Bertz CT molecular complexity index is 1240. The van der Waals surface area contributed by atoms with Gasteiger partial charge in [0.15, 0.2) is 0 Å². The molecule has 2 aromatic rings. The van der Waals surface area contributed by atoms with Crippen molar-refractivity contribution in [3.63, 3.8) is 0 Å². The van der Waals surface area contributed by atoms with Crippen LogP contribution in [0.2, 0.25) is 5.02 Å². The molecule has 8 nitrogen and oxygen atoms in total. The van der Waals surface area contributed by atoms with E-state index >= 15 is 0 Å². The molecule has 2 aliphatic heterocycles. The van der Waals surface area contributed by atoms with Gasteiger partial charge in [-0.3, -0.25) is 14.7 Å². The first-order chi connectivity index (χ1) is 18.1. The summed E-state index contributed by atoms with van der Waals surface area (Å²) in [5.41, 5.74) is 2.52. The Hall–Kier alpha value is -3.00. The van der Waals surface area contributed by atoms with E-state index in [0.29, 0.717) is 29.4 Å². The van der Waals surface area contributed by atoms with Crippen LogP contribution in [-0.2, 0) is 21.5 Å². The molecule has 0 N–H and O–H groups in total. The zero-order valence-corrected chi connectivity index (χ0v) is 23.1. The fourth-order valence-corrected chi connectivity index (χ4v) is 6.39. The van der Waals surface area contributed by atoms with E-state index in [-0.39, 0.29) is 24.5 Å². The molecule has 1 aromatic carbocycles. The van der Waals surface area contributed by atoms with Crippen LogP contribution in [0.15, 0.2) is 35.5 Å². The second-order valence-electron chi connectivity index (χ2n) is 11.7. The van der Waals surface area contributed by atoms with Crippen LogP contribution >= 0.6 is 11.6 Å². The maximum Gasteiger partial charge on any atom is 0.410 e. The molecule has 38 heavy (non-hydrogen) atoms. The Kier molecular flexibility index (Phi) is 7.20. The van der Waals surface area contributed by atoms with Crippen molar-refractivity contribution in [3.8, 4) is 0 Å². The highest BCUT2D eigenvalue weighted by atomic mass is 35.5.